The molecule has 94 valence electrons. The molecule has 2 nitrogen and oxygen atoms in total. The average Bonchev–Trinajstić information content (AvgIpc) is 2.31. The Morgan fingerprint density at radius 2 is 2.18 bits per heavy atom. The molecule has 0 bridgehead atoms. The van der Waals surface area contributed by atoms with E-state index >= 15 is 0 Å². The summed E-state index contributed by atoms with van der Waals surface area (Å²) in [4.78, 5) is 11.4. The van der Waals surface area contributed by atoms with Gasteiger partial charge >= 0.3 is 0 Å². The zero-order valence-corrected chi connectivity index (χ0v) is 11.7. The SMILES string of the molecule is O=C(CCCCCl)NCc1cc(Br)ccc1F. The average molecular weight is 323 g/mol. The van der Waals surface area contributed by atoms with E-state index in [1.54, 1.807) is 12.1 Å². The van der Waals surface area contributed by atoms with E-state index in [2.05, 4.69) is 21.2 Å². The van der Waals surface area contributed by atoms with Crippen LogP contribution in [0, 0.1) is 5.82 Å². The molecule has 0 spiro atoms. The number of nitrogens with one attached hydrogen (secondary N) is 1. The van der Waals surface area contributed by atoms with E-state index in [1.165, 1.54) is 6.07 Å². The number of carbonyl (C=O) groups is 1. The first-order valence-corrected chi connectivity index (χ1v) is 6.73. The van der Waals surface area contributed by atoms with Gasteiger partial charge in [0, 0.05) is 28.9 Å². The molecule has 1 aromatic rings. The Morgan fingerprint density at radius 3 is 2.88 bits per heavy atom. The van der Waals surface area contributed by atoms with E-state index < -0.39 is 0 Å². The van der Waals surface area contributed by atoms with Gasteiger partial charge in [-0.3, -0.25) is 4.79 Å². The van der Waals surface area contributed by atoms with Crippen molar-refractivity contribution in [1.29, 1.82) is 0 Å². The lowest BCUT2D eigenvalue weighted by molar-refractivity contribution is -0.121. The summed E-state index contributed by atoms with van der Waals surface area (Å²) in [7, 11) is 0. The van der Waals surface area contributed by atoms with Crippen molar-refractivity contribution in [2.24, 2.45) is 0 Å². The number of rotatable bonds is 6. The Kier molecular flexibility index (Phi) is 6.52. The second-order valence-corrected chi connectivity index (χ2v) is 4.95. The zero-order chi connectivity index (χ0) is 12.7. The Bertz CT molecular complexity index is 387. The van der Waals surface area contributed by atoms with Crippen LogP contribution in [0.1, 0.15) is 24.8 Å². The topological polar surface area (TPSA) is 29.1 Å². The molecule has 17 heavy (non-hydrogen) atoms. The zero-order valence-electron chi connectivity index (χ0n) is 9.31. The highest BCUT2D eigenvalue weighted by Crippen LogP contribution is 2.15. The molecular weight excluding hydrogens is 308 g/mol. The monoisotopic (exact) mass is 321 g/mol. The Labute approximate surface area is 114 Å². The smallest absolute Gasteiger partial charge is 0.220 e. The number of benzene rings is 1. The molecule has 0 aliphatic heterocycles. The summed E-state index contributed by atoms with van der Waals surface area (Å²) in [5, 5.41) is 2.68. The van der Waals surface area contributed by atoms with Crippen LogP contribution in [0.4, 0.5) is 4.39 Å². The fraction of sp³-hybridized carbons (Fsp3) is 0.417. The van der Waals surface area contributed by atoms with Crippen molar-refractivity contribution in [2.75, 3.05) is 5.88 Å². The van der Waals surface area contributed by atoms with E-state index in [0.29, 0.717) is 17.9 Å². The molecule has 1 aromatic carbocycles. The first-order valence-electron chi connectivity index (χ1n) is 5.40. The summed E-state index contributed by atoms with van der Waals surface area (Å²) in [6, 6.07) is 4.66. The largest absolute Gasteiger partial charge is 0.352 e. The highest BCUT2D eigenvalue weighted by Gasteiger charge is 2.05. The van der Waals surface area contributed by atoms with Crippen molar-refractivity contribution in [3.63, 3.8) is 0 Å². The molecule has 0 aromatic heterocycles. The molecule has 5 heteroatoms. The summed E-state index contributed by atoms with van der Waals surface area (Å²) < 4.78 is 14.1. The highest BCUT2D eigenvalue weighted by molar-refractivity contribution is 9.10. The van der Waals surface area contributed by atoms with Gasteiger partial charge in [0.15, 0.2) is 0 Å². The van der Waals surface area contributed by atoms with Crippen LogP contribution in [0.5, 0.6) is 0 Å². The van der Waals surface area contributed by atoms with Crippen LogP contribution in [0.15, 0.2) is 22.7 Å². The molecule has 0 saturated carbocycles. The van der Waals surface area contributed by atoms with Gasteiger partial charge in [-0.05, 0) is 31.0 Å². The number of hydrogen-bond donors (Lipinski definition) is 1. The lowest BCUT2D eigenvalue weighted by atomic mass is 10.2. The third-order valence-electron chi connectivity index (χ3n) is 2.27. The van der Waals surface area contributed by atoms with E-state index in [4.69, 9.17) is 11.6 Å². The Balaban J connectivity index is 2.39. The molecular formula is C12H14BrClFNO. The van der Waals surface area contributed by atoms with E-state index in [9.17, 15) is 9.18 Å². The van der Waals surface area contributed by atoms with Crippen LogP contribution < -0.4 is 5.32 Å². The van der Waals surface area contributed by atoms with Gasteiger partial charge in [0.2, 0.25) is 5.91 Å². The lowest BCUT2D eigenvalue weighted by Gasteiger charge is -2.06. The number of hydrogen-bond acceptors (Lipinski definition) is 1. The summed E-state index contributed by atoms with van der Waals surface area (Å²) in [6.45, 7) is 0.213. The molecule has 0 heterocycles. The van der Waals surface area contributed by atoms with Crippen LogP contribution in [-0.4, -0.2) is 11.8 Å². The second kappa shape index (κ2) is 7.67. The third kappa shape index (κ3) is 5.50. The summed E-state index contributed by atoms with van der Waals surface area (Å²) in [5.41, 5.74) is 0.477. The van der Waals surface area contributed by atoms with Gasteiger partial charge in [-0.15, -0.1) is 11.6 Å². The van der Waals surface area contributed by atoms with Crippen molar-refractivity contribution >= 4 is 33.4 Å². The number of carbonyl (C=O) groups excluding carboxylic acids is 1. The maximum absolute atomic E-state index is 13.3. The van der Waals surface area contributed by atoms with Crippen molar-refractivity contribution in [1.82, 2.24) is 5.32 Å². The fourth-order valence-electron chi connectivity index (χ4n) is 1.34. The minimum absolute atomic E-state index is 0.0745. The van der Waals surface area contributed by atoms with Gasteiger partial charge in [-0.2, -0.15) is 0 Å². The second-order valence-electron chi connectivity index (χ2n) is 3.66. The molecule has 0 unspecified atom stereocenters. The predicted octanol–water partition coefficient (Wildman–Crippen LogP) is 3.61. The maximum atomic E-state index is 13.3. The molecule has 1 amide bonds. The molecule has 0 radical (unpaired) electrons. The Hall–Kier alpha value is -0.610. The standard InChI is InChI=1S/C12H14BrClFNO/c13-10-4-5-11(15)9(7-10)8-16-12(17)3-1-2-6-14/h4-5,7H,1-3,6,8H2,(H,16,17). The van der Waals surface area contributed by atoms with Crippen LogP contribution >= 0.6 is 27.5 Å². The normalized spacial score (nSPS) is 10.3. The van der Waals surface area contributed by atoms with Gasteiger partial charge < -0.3 is 5.32 Å². The minimum atomic E-state index is -0.311. The first-order chi connectivity index (χ1) is 8.13. The molecule has 1 rings (SSSR count). The summed E-state index contributed by atoms with van der Waals surface area (Å²) in [6.07, 6.45) is 2.01. The van der Waals surface area contributed by atoms with Crippen molar-refractivity contribution in [2.45, 2.75) is 25.8 Å². The molecule has 0 saturated heterocycles. The summed E-state index contributed by atoms with van der Waals surface area (Å²) >= 11 is 8.77. The number of unbranched alkanes of at least 4 members (excludes halogenated alkanes) is 1. The van der Waals surface area contributed by atoms with Gasteiger partial charge in [0.05, 0.1) is 0 Å². The fourth-order valence-corrected chi connectivity index (χ4v) is 1.94. The summed E-state index contributed by atoms with van der Waals surface area (Å²) in [5.74, 6) is 0.178. The molecule has 0 aliphatic carbocycles. The van der Waals surface area contributed by atoms with Crippen LogP contribution in [-0.2, 0) is 11.3 Å². The molecule has 0 atom stereocenters. The van der Waals surface area contributed by atoms with Crippen LogP contribution in [0.2, 0.25) is 0 Å². The minimum Gasteiger partial charge on any atom is -0.352 e. The van der Waals surface area contributed by atoms with Crippen molar-refractivity contribution in [3.05, 3.63) is 34.1 Å². The van der Waals surface area contributed by atoms with Gasteiger partial charge in [0.25, 0.3) is 0 Å². The predicted molar refractivity (Wildman–Crippen MR) is 70.5 cm³/mol. The molecule has 0 aliphatic rings. The lowest BCUT2D eigenvalue weighted by Crippen LogP contribution is -2.22. The molecule has 0 fully saturated rings. The van der Waals surface area contributed by atoms with E-state index in [0.717, 1.165) is 17.3 Å². The number of alkyl halides is 1. The first kappa shape index (κ1) is 14.5. The quantitative estimate of drug-likeness (QED) is 0.629. The van der Waals surface area contributed by atoms with Crippen LogP contribution in [0.25, 0.3) is 0 Å². The number of halogens is 3. The third-order valence-corrected chi connectivity index (χ3v) is 3.03. The highest BCUT2D eigenvalue weighted by atomic mass is 79.9. The van der Waals surface area contributed by atoms with Gasteiger partial charge in [-0.1, -0.05) is 15.9 Å². The van der Waals surface area contributed by atoms with E-state index in [-0.39, 0.29) is 18.3 Å². The van der Waals surface area contributed by atoms with Gasteiger partial charge in [0.1, 0.15) is 5.82 Å². The number of amides is 1. The maximum Gasteiger partial charge on any atom is 0.220 e. The van der Waals surface area contributed by atoms with Gasteiger partial charge in [-0.25, -0.2) is 4.39 Å². The van der Waals surface area contributed by atoms with Crippen molar-refractivity contribution < 1.29 is 9.18 Å². The van der Waals surface area contributed by atoms with Crippen molar-refractivity contribution in [3.8, 4) is 0 Å². The van der Waals surface area contributed by atoms with E-state index in [1.807, 2.05) is 0 Å². The Morgan fingerprint density at radius 1 is 1.41 bits per heavy atom. The van der Waals surface area contributed by atoms with Crippen LogP contribution in [0.3, 0.4) is 0 Å². The molecule has 1 N–H and O–H groups in total.